The monoisotopic (exact) mass is 806 g/mol. The van der Waals surface area contributed by atoms with Gasteiger partial charge in [-0.1, -0.05) is 6.42 Å². The Kier molecular flexibility index (Phi) is 11.8. The van der Waals surface area contributed by atoms with Crippen LogP contribution < -0.4 is 20.7 Å². The topological polar surface area (TPSA) is 179 Å². The maximum Gasteiger partial charge on any atom is 0.416 e. The Morgan fingerprint density at radius 1 is 0.982 bits per heavy atom. The van der Waals surface area contributed by atoms with Crippen LogP contribution in [0.15, 0.2) is 59.8 Å². The van der Waals surface area contributed by atoms with Gasteiger partial charge in [-0.05, 0) is 79.0 Å². The van der Waals surface area contributed by atoms with E-state index in [2.05, 4.69) is 25.9 Å². The SMILES string of the molecule is O=C(CCCCC1SCC2CC(=O)NC21)NCNC(=O)CCc1cnc2[nH]cc(C(=O)c3c(F)ccc(NS(=O)(=O)c4ccc(C(F)(F)F)cc4)c3F)c2c1. The van der Waals surface area contributed by atoms with E-state index in [1.165, 1.54) is 18.5 Å². The number of aromatic nitrogens is 2. The number of unbranched alkanes of at least 4 members (excludes halogenated alkanes) is 1. The van der Waals surface area contributed by atoms with Crippen LogP contribution in [0.1, 0.15) is 65.6 Å². The number of hydrogen-bond donors (Lipinski definition) is 5. The minimum absolute atomic E-state index is 0.0150. The van der Waals surface area contributed by atoms with Gasteiger partial charge in [-0.2, -0.15) is 24.9 Å². The molecule has 19 heteroatoms. The van der Waals surface area contributed by atoms with Crippen LogP contribution in [-0.4, -0.2) is 65.6 Å². The van der Waals surface area contributed by atoms with Crippen molar-refractivity contribution in [3.8, 4) is 0 Å². The van der Waals surface area contributed by atoms with E-state index in [1.807, 2.05) is 16.5 Å². The number of alkyl halides is 3. The zero-order valence-electron chi connectivity index (χ0n) is 28.9. The molecule has 2 aromatic heterocycles. The number of sulfonamides is 1. The van der Waals surface area contributed by atoms with E-state index in [1.54, 1.807) is 0 Å². The van der Waals surface area contributed by atoms with Gasteiger partial charge in [-0.25, -0.2) is 22.2 Å². The summed E-state index contributed by atoms with van der Waals surface area (Å²) in [7, 11) is -4.65. The maximum atomic E-state index is 15.6. The second kappa shape index (κ2) is 16.4. The van der Waals surface area contributed by atoms with Gasteiger partial charge in [0, 0.05) is 53.9 Å². The number of benzene rings is 2. The number of ketones is 1. The van der Waals surface area contributed by atoms with Crippen LogP contribution in [0.2, 0.25) is 0 Å². The summed E-state index contributed by atoms with van der Waals surface area (Å²) in [5.41, 5.74) is -2.52. The minimum atomic E-state index is -4.72. The molecular formula is C36H35F5N6O6S2. The highest BCUT2D eigenvalue weighted by atomic mass is 32.2. The number of carbonyl (C=O) groups excluding carboxylic acids is 4. The zero-order chi connectivity index (χ0) is 39.5. The molecule has 3 amide bonds. The van der Waals surface area contributed by atoms with Crippen molar-refractivity contribution in [2.24, 2.45) is 5.92 Å². The second-order valence-electron chi connectivity index (χ2n) is 13.2. The highest BCUT2D eigenvalue weighted by Gasteiger charge is 2.42. The van der Waals surface area contributed by atoms with E-state index in [4.69, 9.17) is 0 Å². The van der Waals surface area contributed by atoms with Crippen LogP contribution in [0.5, 0.6) is 0 Å². The van der Waals surface area contributed by atoms with Crippen LogP contribution >= 0.6 is 11.8 Å². The van der Waals surface area contributed by atoms with Gasteiger partial charge in [0.15, 0.2) is 5.82 Å². The number of nitrogens with zero attached hydrogens (tertiary/aromatic N) is 1. The number of rotatable bonds is 15. The lowest BCUT2D eigenvalue weighted by molar-refractivity contribution is -0.137. The third kappa shape index (κ3) is 9.26. The highest BCUT2D eigenvalue weighted by molar-refractivity contribution is 8.00. The molecule has 5 N–H and O–H groups in total. The summed E-state index contributed by atoms with van der Waals surface area (Å²) in [6, 6.07) is 5.54. The number of pyridine rings is 1. The Morgan fingerprint density at radius 2 is 1.71 bits per heavy atom. The first-order chi connectivity index (χ1) is 26.1. The van der Waals surface area contributed by atoms with E-state index in [0.717, 1.165) is 24.7 Å². The molecule has 0 spiro atoms. The van der Waals surface area contributed by atoms with E-state index in [9.17, 15) is 45.2 Å². The Bertz CT molecular complexity index is 2230. The van der Waals surface area contributed by atoms with Gasteiger partial charge in [-0.15, -0.1) is 0 Å². The van der Waals surface area contributed by atoms with Gasteiger partial charge in [0.05, 0.1) is 28.4 Å². The number of aryl methyl sites for hydroxylation is 1. The number of nitrogens with one attached hydrogen (secondary N) is 5. The van der Waals surface area contributed by atoms with Gasteiger partial charge in [0.1, 0.15) is 11.5 Å². The number of anilines is 1. The summed E-state index contributed by atoms with van der Waals surface area (Å²) >= 11 is 1.87. The van der Waals surface area contributed by atoms with E-state index < -0.39 is 55.3 Å². The Hall–Kier alpha value is -5.04. The van der Waals surface area contributed by atoms with Crippen LogP contribution in [0.4, 0.5) is 27.6 Å². The van der Waals surface area contributed by atoms with Crippen molar-refractivity contribution < 1.29 is 49.5 Å². The van der Waals surface area contributed by atoms with Crippen LogP contribution in [0, 0.1) is 17.6 Å². The van der Waals surface area contributed by atoms with Crippen molar-refractivity contribution in [1.82, 2.24) is 25.9 Å². The number of halogens is 5. The molecule has 2 aliphatic heterocycles. The highest BCUT2D eigenvalue weighted by Crippen LogP contribution is 2.39. The molecule has 0 radical (unpaired) electrons. The fourth-order valence-corrected chi connectivity index (χ4v) is 9.29. The fraction of sp³-hybridized carbons (Fsp3) is 0.361. The Balaban J connectivity index is 1.01. The molecule has 4 heterocycles. The molecule has 2 saturated heterocycles. The third-order valence-corrected chi connectivity index (χ3v) is 12.4. The lowest BCUT2D eigenvalue weighted by Gasteiger charge is -2.17. The molecule has 2 fully saturated rings. The normalized spacial score (nSPS) is 18.2. The number of amides is 3. The molecule has 2 aromatic carbocycles. The first-order valence-corrected chi connectivity index (χ1v) is 19.8. The molecule has 12 nitrogen and oxygen atoms in total. The minimum Gasteiger partial charge on any atom is -0.352 e. The van der Waals surface area contributed by atoms with Gasteiger partial charge in [-0.3, -0.25) is 23.9 Å². The number of aromatic amines is 1. The molecule has 0 bridgehead atoms. The summed E-state index contributed by atoms with van der Waals surface area (Å²) in [5, 5.41) is 8.86. The first kappa shape index (κ1) is 39.6. The fourth-order valence-electron chi connectivity index (χ4n) is 6.58. The average molecular weight is 807 g/mol. The Morgan fingerprint density at radius 3 is 2.44 bits per heavy atom. The van der Waals surface area contributed by atoms with E-state index in [-0.39, 0.29) is 59.9 Å². The Labute approximate surface area is 315 Å². The number of H-pyrrole nitrogens is 1. The lowest BCUT2D eigenvalue weighted by atomic mass is 9.97. The number of hydrogen-bond acceptors (Lipinski definition) is 8. The predicted molar refractivity (Wildman–Crippen MR) is 192 cm³/mol. The summed E-state index contributed by atoms with van der Waals surface area (Å²) in [5.74, 6) is -3.12. The van der Waals surface area contributed by atoms with Crippen molar-refractivity contribution in [2.75, 3.05) is 17.1 Å². The summed E-state index contributed by atoms with van der Waals surface area (Å²) in [6.45, 7) is -0.0731. The van der Waals surface area contributed by atoms with Crippen LogP contribution in [-0.2, 0) is 37.0 Å². The molecule has 3 unspecified atom stereocenters. The number of carbonyl (C=O) groups is 4. The molecule has 292 valence electrons. The molecule has 3 atom stereocenters. The number of fused-ring (bicyclic) bond motifs is 2. The van der Waals surface area contributed by atoms with Gasteiger partial charge < -0.3 is 20.9 Å². The van der Waals surface area contributed by atoms with E-state index in [0.29, 0.717) is 66.3 Å². The van der Waals surface area contributed by atoms with Crippen LogP contribution in [0.25, 0.3) is 11.0 Å². The second-order valence-corrected chi connectivity index (χ2v) is 16.2. The van der Waals surface area contributed by atoms with Crippen molar-refractivity contribution in [2.45, 2.75) is 67.3 Å². The van der Waals surface area contributed by atoms with Gasteiger partial charge in [0.2, 0.25) is 23.5 Å². The largest absolute Gasteiger partial charge is 0.416 e. The molecule has 55 heavy (non-hydrogen) atoms. The average Bonchev–Trinajstić information content (AvgIpc) is 3.84. The predicted octanol–water partition coefficient (Wildman–Crippen LogP) is 5.19. The van der Waals surface area contributed by atoms with Crippen molar-refractivity contribution >= 4 is 62.0 Å². The van der Waals surface area contributed by atoms with Crippen LogP contribution in [0.3, 0.4) is 0 Å². The van der Waals surface area contributed by atoms with Gasteiger partial charge >= 0.3 is 6.18 Å². The lowest BCUT2D eigenvalue weighted by Crippen LogP contribution is -2.37. The summed E-state index contributed by atoms with van der Waals surface area (Å²) < 4.78 is 96.8. The molecule has 0 saturated carbocycles. The van der Waals surface area contributed by atoms with Gasteiger partial charge in [0.25, 0.3) is 10.0 Å². The summed E-state index contributed by atoms with van der Waals surface area (Å²) in [6.07, 6.45) is 1.37. The molecule has 6 rings (SSSR count). The molecular weight excluding hydrogens is 772 g/mol. The van der Waals surface area contributed by atoms with E-state index >= 15 is 4.39 Å². The molecule has 2 aliphatic rings. The number of thioether (sulfide) groups is 1. The maximum absolute atomic E-state index is 15.6. The van der Waals surface area contributed by atoms with Crippen molar-refractivity contribution in [3.05, 3.63) is 88.7 Å². The smallest absolute Gasteiger partial charge is 0.352 e. The third-order valence-electron chi connectivity index (χ3n) is 9.45. The van der Waals surface area contributed by atoms with Crippen molar-refractivity contribution in [1.29, 1.82) is 0 Å². The molecule has 0 aliphatic carbocycles. The molecule has 4 aromatic rings. The summed E-state index contributed by atoms with van der Waals surface area (Å²) in [4.78, 5) is 56.2. The first-order valence-electron chi connectivity index (χ1n) is 17.2. The zero-order valence-corrected chi connectivity index (χ0v) is 30.5. The quantitative estimate of drug-likeness (QED) is 0.0471. The van der Waals surface area contributed by atoms with Crippen molar-refractivity contribution in [3.63, 3.8) is 0 Å². The standard InChI is InChI=1S/C36H35F5N6O6S2/c37-25-10-11-26(47-55(52,53)22-8-6-21(7-9-22)36(39,40)41)32(38)31(25)34(51)24-16-43-35-23(24)13-19(15-42-35)5-12-29(49)45-18-44-28(48)4-2-1-3-27-33-20(17-54-27)14-30(50)46-33/h6-11,13,15-16,20,27,33,47H,1-5,12,14,17-18H2,(H,42,43)(H,44,48)(H,45,49)(H,46,50).